The molecule has 2 aromatic rings. The molecule has 0 heterocycles. The van der Waals surface area contributed by atoms with E-state index in [2.05, 4.69) is 0 Å². The molecular formula is C17H21NO3. The second-order valence-corrected chi connectivity index (χ2v) is 5.78. The summed E-state index contributed by atoms with van der Waals surface area (Å²) < 4.78 is 5.79. The highest BCUT2D eigenvalue weighted by molar-refractivity contribution is 5.87. The van der Waals surface area contributed by atoms with E-state index in [1.807, 2.05) is 36.4 Å². The number of hydrogen-bond donors (Lipinski definition) is 2. The largest absolute Gasteiger partial charge is 0.492 e. The van der Waals surface area contributed by atoms with Crippen molar-refractivity contribution in [3.05, 3.63) is 42.0 Å². The fourth-order valence-electron chi connectivity index (χ4n) is 2.17. The van der Waals surface area contributed by atoms with Crippen LogP contribution in [0.25, 0.3) is 10.8 Å². The van der Waals surface area contributed by atoms with Crippen molar-refractivity contribution in [2.24, 2.45) is 11.1 Å². The number of carbonyl (C=O) groups is 1. The van der Waals surface area contributed by atoms with Gasteiger partial charge in [0.1, 0.15) is 12.4 Å². The smallest absolute Gasteiger partial charge is 0.312 e. The van der Waals surface area contributed by atoms with Crippen molar-refractivity contribution < 1.29 is 14.6 Å². The molecule has 0 radical (unpaired) electrons. The number of fused-ring (bicyclic) bond motifs is 1. The fraction of sp³-hybridized carbons (Fsp3) is 0.353. The van der Waals surface area contributed by atoms with E-state index in [1.165, 1.54) is 0 Å². The summed E-state index contributed by atoms with van der Waals surface area (Å²) in [4.78, 5) is 11.2. The predicted octanol–water partition coefficient (Wildman–Crippen LogP) is 2.83. The van der Waals surface area contributed by atoms with Crippen molar-refractivity contribution >= 4 is 16.7 Å². The Balaban J connectivity index is 2.35. The molecule has 0 aromatic heterocycles. The van der Waals surface area contributed by atoms with Crippen molar-refractivity contribution in [3.63, 3.8) is 0 Å². The highest BCUT2D eigenvalue weighted by Crippen LogP contribution is 2.29. The van der Waals surface area contributed by atoms with Gasteiger partial charge in [-0.2, -0.15) is 0 Å². The first kappa shape index (κ1) is 15.3. The molecule has 4 nitrogen and oxygen atoms in total. The van der Waals surface area contributed by atoms with Gasteiger partial charge in [-0.3, -0.25) is 4.79 Å². The van der Waals surface area contributed by atoms with Gasteiger partial charge in [0.2, 0.25) is 0 Å². The molecule has 0 saturated heterocycles. The third-order valence-electron chi connectivity index (χ3n) is 3.56. The molecular weight excluding hydrogens is 266 g/mol. The minimum atomic E-state index is -0.925. The highest BCUT2D eigenvalue weighted by Gasteiger charge is 2.28. The van der Waals surface area contributed by atoms with Gasteiger partial charge in [0, 0.05) is 5.56 Å². The molecule has 0 saturated carbocycles. The van der Waals surface area contributed by atoms with Gasteiger partial charge in [0.15, 0.2) is 0 Å². The Kier molecular flexibility index (Phi) is 4.48. The Hall–Kier alpha value is -2.07. The summed E-state index contributed by atoms with van der Waals surface area (Å²) in [5.74, 6) is -0.155. The van der Waals surface area contributed by atoms with E-state index in [4.69, 9.17) is 15.6 Å². The van der Waals surface area contributed by atoms with Crippen LogP contribution >= 0.6 is 0 Å². The second kappa shape index (κ2) is 6.14. The molecule has 2 rings (SSSR count). The van der Waals surface area contributed by atoms with Crippen LogP contribution < -0.4 is 10.5 Å². The van der Waals surface area contributed by atoms with Crippen molar-refractivity contribution in [2.45, 2.75) is 20.3 Å². The van der Waals surface area contributed by atoms with E-state index >= 15 is 0 Å². The van der Waals surface area contributed by atoms with E-state index in [1.54, 1.807) is 13.8 Å². The maximum Gasteiger partial charge on any atom is 0.312 e. The second-order valence-electron chi connectivity index (χ2n) is 5.78. The van der Waals surface area contributed by atoms with Crippen LogP contribution in [0.2, 0.25) is 0 Å². The summed E-state index contributed by atoms with van der Waals surface area (Å²) in [5.41, 5.74) is 5.81. The molecule has 0 aliphatic heterocycles. The Morgan fingerprint density at radius 1 is 1.24 bits per heavy atom. The lowest BCUT2D eigenvalue weighted by molar-refractivity contribution is -0.148. The number of hydrogen-bond acceptors (Lipinski definition) is 3. The van der Waals surface area contributed by atoms with Crippen LogP contribution in [-0.2, 0) is 11.2 Å². The fourth-order valence-corrected chi connectivity index (χ4v) is 2.17. The molecule has 3 N–H and O–H groups in total. The van der Waals surface area contributed by atoms with Crippen molar-refractivity contribution in [3.8, 4) is 5.75 Å². The summed E-state index contributed by atoms with van der Waals surface area (Å²) in [6, 6.07) is 11.9. The van der Waals surface area contributed by atoms with Gasteiger partial charge in [0.25, 0.3) is 0 Å². The molecule has 0 bridgehead atoms. The van der Waals surface area contributed by atoms with Gasteiger partial charge in [-0.25, -0.2) is 0 Å². The first-order chi connectivity index (χ1) is 9.95. The van der Waals surface area contributed by atoms with E-state index in [9.17, 15) is 4.79 Å². The summed E-state index contributed by atoms with van der Waals surface area (Å²) in [6.07, 6.45) is 0.699. The Morgan fingerprint density at radius 2 is 1.95 bits per heavy atom. The summed E-state index contributed by atoms with van der Waals surface area (Å²) in [5, 5.41) is 11.4. The molecule has 0 unspecified atom stereocenters. The molecule has 0 aliphatic rings. The van der Waals surface area contributed by atoms with Crippen LogP contribution in [-0.4, -0.2) is 24.2 Å². The zero-order chi connectivity index (χ0) is 15.5. The van der Waals surface area contributed by atoms with Crippen LogP contribution in [0.3, 0.4) is 0 Å². The minimum absolute atomic E-state index is 0.123. The molecule has 2 aromatic carbocycles. The molecule has 112 valence electrons. The highest BCUT2D eigenvalue weighted by atomic mass is 16.5. The number of carboxylic acid groups (broad SMARTS) is 1. The molecule has 0 atom stereocenters. The molecule has 0 spiro atoms. The molecule has 21 heavy (non-hydrogen) atoms. The quantitative estimate of drug-likeness (QED) is 0.857. The van der Waals surface area contributed by atoms with Gasteiger partial charge >= 0.3 is 5.97 Å². The van der Waals surface area contributed by atoms with Gasteiger partial charge < -0.3 is 15.6 Å². The zero-order valence-corrected chi connectivity index (χ0v) is 12.4. The maximum atomic E-state index is 11.2. The number of benzene rings is 2. The standard InChI is InChI=1S/C17H21NO3/c1-17(2,16(19)20)11-21-15-8-7-12-5-3-4-6-13(12)14(15)9-10-18/h3-8H,9-11,18H2,1-2H3,(H,19,20). The first-order valence-corrected chi connectivity index (χ1v) is 7.02. The van der Waals surface area contributed by atoms with Gasteiger partial charge in [-0.05, 0) is 43.7 Å². The van der Waals surface area contributed by atoms with Gasteiger partial charge in [-0.15, -0.1) is 0 Å². The van der Waals surface area contributed by atoms with Crippen molar-refractivity contribution in [1.29, 1.82) is 0 Å². The number of rotatable bonds is 6. The average Bonchev–Trinajstić information content (AvgIpc) is 2.46. The SMILES string of the molecule is CC(C)(COc1ccc2ccccc2c1CCN)C(=O)O. The minimum Gasteiger partial charge on any atom is -0.492 e. The Morgan fingerprint density at radius 3 is 2.62 bits per heavy atom. The predicted molar refractivity (Wildman–Crippen MR) is 83.6 cm³/mol. The molecule has 0 amide bonds. The van der Waals surface area contributed by atoms with Crippen LogP contribution in [0.15, 0.2) is 36.4 Å². The van der Waals surface area contributed by atoms with E-state index in [0.29, 0.717) is 18.7 Å². The van der Waals surface area contributed by atoms with E-state index in [0.717, 1.165) is 16.3 Å². The lowest BCUT2D eigenvalue weighted by Gasteiger charge is -2.21. The van der Waals surface area contributed by atoms with Crippen LogP contribution in [0.4, 0.5) is 0 Å². The van der Waals surface area contributed by atoms with E-state index < -0.39 is 11.4 Å². The summed E-state index contributed by atoms with van der Waals surface area (Å²) >= 11 is 0. The molecule has 0 aliphatic carbocycles. The average molecular weight is 287 g/mol. The summed E-state index contributed by atoms with van der Waals surface area (Å²) in [7, 11) is 0. The van der Waals surface area contributed by atoms with Crippen molar-refractivity contribution in [1.82, 2.24) is 0 Å². The van der Waals surface area contributed by atoms with Crippen molar-refractivity contribution in [2.75, 3.05) is 13.2 Å². The number of nitrogens with two attached hydrogens (primary N) is 1. The third-order valence-corrected chi connectivity index (χ3v) is 3.56. The number of aliphatic carboxylic acids is 1. The van der Waals surface area contributed by atoms with Crippen LogP contribution in [0.1, 0.15) is 19.4 Å². The lowest BCUT2D eigenvalue weighted by Crippen LogP contribution is -2.30. The third kappa shape index (κ3) is 3.34. The monoisotopic (exact) mass is 287 g/mol. The Labute approximate surface area is 124 Å². The van der Waals surface area contributed by atoms with E-state index in [-0.39, 0.29) is 6.61 Å². The normalized spacial score (nSPS) is 11.6. The maximum absolute atomic E-state index is 11.2. The summed E-state index contributed by atoms with van der Waals surface area (Å²) in [6.45, 7) is 3.95. The topological polar surface area (TPSA) is 72.5 Å². The first-order valence-electron chi connectivity index (χ1n) is 7.02. The number of carboxylic acids is 1. The Bertz CT molecular complexity index is 650. The number of ether oxygens (including phenoxy) is 1. The van der Waals surface area contributed by atoms with Crippen LogP contribution in [0.5, 0.6) is 5.75 Å². The van der Waals surface area contributed by atoms with Gasteiger partial charge in [0.05, 0.1) is 5.41 Å². The lowest BCUT2D eigenvalue weighted by atomic mass is 9.95. The van der Waals surface area contributed by atoms with Gasteiger partial charge in [-0.1, -0.05) is 30.3 Å². The molecule has 0 fully saturated rings. The van der Waals surface area contributed by atoms with Crippen LogP contribution in [0, 0.1) is 5.41 Å². The molecule has 4 heteroatoms. The zero-order valence-electron chi connectivity index (χ0n) is 12.4.